The third kappa shape index (κ3) is 6.45. The molecule has 1 saturated carbocycles. The topological polar surface area (TPSA) is 49.9 Å². The Morgan fingerprint density at radius 1 is 0.909 bits per heavy atom. The van der Waals surface area contributed by atoms with E-state index in [-0.39, 0.29) is 30.8 Å². The highest BCUT2D eigenvalue weighted by Gasteiger charge is 2.34. The highest BCUT2D eigenvalue weighted by atomic mass is 32.1. The molecule has 6 heteroatoms. The van der Waals surface area contributed by atoms with Crippen LogP contribution in [-0.4, -0.2) is 41.3 Å². The lowest BCUT2D eigenvalue weighted by Crippen LogP contribution is -2.44. The number of methoxy groups -OCH3 is 1. The van der Waals surface area contributed by atoms with Gasteiger partial charge in [0, 0.05) is 22.3 Å². The summed E-state index contributed by atoms with van der Waals surface area (Å²) in [5.41, 5.74) is 2.01. The molecule has 0 aliphatic heterocycles. The van der Waals surface area contributed by atoms with E-state index in [2.05, 4.69) is 19.1 Å². The van der Waals surface area contributed by atoms with Crippen LogP contribution >= 0.6 is 11.3 Å². The van der Waals surface area contributed by atoms with Crippen molar-refractivity contribution in [3.8, 4) is 5.75 Å². The van der Waals surface area contributed by atoms with Crippen LogP contribution in [0.25, 0.3) is 0 Å². The minimum absolute atomic E-state index is 0.00245. The van der Waals surface area contributed by atoms with Gasteiger partial charge in [-0.3, -0.25) is 9.59 Å². The van der Waals surface area contributed by atoms with E-state index in [4.69, 9.17) is 4.74 Å². The molecule has 172 valence electrons. The Hall–Kier alpha value is -3.12. The van der Waals surface area contributed by atoms with Crippen LogP contribution in [0.5, 0.6) is 5.75 Å². The first-order valence-electron chi connectivity index (χ1n) is 11.3. The maximum absolute atomic E-state index is 13.5. The molecule has 1 fully saturated rings. The zero-order chi connectivity index (χ0) is 23.2. The first-order chi connectivity index (χ1) is 16.0. The lowest BCUT2D eigenvalue weighted by molar-refractivity contribution is -0.141. The second-order valence-electron chi connectivity index (χ2n) is 8.53. The Balaban J connectivity index is 1.46. The summed E-state index contributed by atoms with van der Waals surface area (Å²) < 4.78 is 5.20. The standard InChI is InChI=1S/C27H30N2O3S/c1-20-8-15-25(33-20)18-28(17-22-6-4-3-5-7-22)27(31)19-29(23-11-12-23)26(30)16-21-9-13-24(32-2)14-10-21/h3-10,13-15,23H,11-12,16-19H2,1-2H3. The van der Waals surface area contributed by atoms with E-state index in [9.17, 15) is 9.59 Å². The molecule has 2 aromatic carbocycles. The molecule has 0 unspecified atom stereocenters. The first-order valence-corrected chi connectivity index (χ1v) is 12.1. The van der Waals surface area contributed by atoms with Crippen LogP contribution in [0.15, 0.2) is 66.7 Å². The SMILES string of the molecule is COc1ccc(CC(=O)N(CC(=O)N(Cc2ccccc2)Cc2ccc(C)s2)C2CC2)cc1. The van der Waals surface area contributed by atoms with Crippen LogP contribution in [-0.2, 0) is 29.1 Å². The molecule has 0 saturated heterocycles. The molecule has 5 nitrogen and oxygen atoms in total. The highest BCUT2D eigenvalue weighted by molar-refractivity contribution is 7.11. The number of thiophene rings is 1. The van der Waals surface area contributed by atoms with E-state index in [1.165, 1.54) is 4.88 Å². The van der Waals surface area contributed by atoms with Gasteiger partial charge < -0.3 is 14.5 Å². The number of nitrogens with zero attached hydrogens (tertiary/aromatic N) is 2. The van der Waals surface area contributed by atoms with Gasteiger partial charge in [-0.25, -0.2) is 0 Å². The molecule has 0 N–H and O–H groups in total. The van der Waals surface area contributed by atoms with Gasteiger partial charge in [-0.05, 0) is 55.2 Å². The minimum Gasteiger partial charge on any atom is -0.497 e. The van der Waals surface area contributed by atoms with Gasteiger partial charge in [0.15, 0.2) is 0 Å². The summed E-state index contributed by atoms with van der Waals surface area (Å²) >= 11 is 1.71. The zero-order valence-corrected chi connectivity index (χ0v) is 20.0. The average Bonchev–Trinajstić information content (AvgIpc) is 3.59. The summed E-state index contributed by atoms with van der Waals surface area (Å²) in [7, 11) is 1.62. The molecule has 0 radical (unpaired) electrons. The largest absolute Gasteiger partial charge is 0.497 e. The third-order valence-electron chi connectivity index (χ3n) is 5.84. The molecule has 1 aliphatic carbocycles. The number of hydrogen-bond donors (Lipinski definition) is 0. The molecule has 0 bridgehead atoms. The van der Waals surface area contributed by atoms with Crippen LogP contribution < -0.4 is 4.74 Å². The van der Waals surface area contributed by atoms with Gasteiger partial charge in [-0.15, -0.1) is 11.3 Å². The van der Waals surface area contributed by atoms with Gasteiger partial charge >= 0.3 is 0 Å². The molecule has 33 heavy (non-hydrogen) atoms. The molecular weight excluding hydrogens is 432 g/mol. The summed E-state index contributed by atoms with van der Waals surface area (Å²) in [4.78, 5) is 32.6. The number of amides is 2. The summed E-state index contributed by atoms with van der Waals surface area (Å²) in [6, 6.07) is 21.9. The van der Waals surface area contributed by atoms with Gasteiger partial charge in [0.2, 0.25) is 11.8 Å². The molecule has 1 heterocycles. The van der Waals surface area contributed by atoms with E-state index in [0.717, 1.165) is 34.6 Å². The van der Waals surface area contributed by atoms with Gasteiger partial charge in [0.05, 0.1) is 20.1 Å². The van der Waals surface area contributed by atoms with Gasteiger partial charge in [0.25, 0.3) is 0 Å². The van der Waals surface area contributed by atoms with Crippen LogP contribution in [0, 0.1) is 6.92 Å². The predicted molar refractivity (Wildman–Crippen MR) is 131 cm³/mol. The van der Waals surface area contributed by atoms with Crippen molar-refractivity contribution in [1.29, 1.82) is 0 Å². The Kier molecular flexibility index (Phi) is 7.45. The average molecular weight is 463 g/mol. The maximum Gasteiger partial charge on any atom is 0.242 e. The van der Waals surface area contributed by atoms with Crippen molar-refractivity contribution in [2.45, 2.75) is 45.3 Å². The fourth-order valence-electron chi connectivity index (χ4n) is 3.87. The number of carbonyl (C=O) groups excluding carboxylic acids is 2. The van der Waals surface area contributed by atoms with Crippen molar-refractivity contribution < 1.29 is 14.3 Å². The van der Waals surface area contributed by atoms with Gasteiger partial charge in [-0.1, -0.05) is 42.5 Å². The zero-order valence-electron chi connectivity index (χ0n) is 19.2. The van der Waals surface area contributed by atoms with Gasteiger partial charge in [-0.2, -0.15) is 0 Å². The summed E-state index contributed by atoms with van der Waals surface area (Å²) in [6.07, 6.45) is 2.21. The number of aryl methyl sites for hydroxylation is 1. The normalized spacial score (nSPS) is 12.9. The summed E-state index contributed by atoms with van der Waals surface area (Å²) in [5.74, 6) is 0.753. The number of ether oxygens (including phenoxy) is 1. The lowest BCUT2D eigenvalue weighted by atomic mass is 10.1. The second-order valence-corrected chi connectivity index (χ2v) is 9.90. The Morgan fingerprint density at radius 2 is 1.64 bits per heavy atom. The van der Waals surface area contributed by atoms with Crippen molar-refractivity contribution in [1.82, 2.24) is 9.80 Å². The van der Waals surface area contributed by atoms with Crippen LogP contribution in [0.4, 0.5) is 0 Å². The third-order valence-corrected chi connectivity index (χ3v) is 6.83. The molecule has 4 rings (SSSR count). The quantitative estimate of drug-likeness (QED) is 0.434. The number of rotatable bonds is 10. The van der Waals surface area contributed by atoms with Crippen molar-refractivity contribution in [2.24, 2.45) is 0 Å². The first kappa shape index (κ1) is 23.1. The molecule has 3 aromatic rings. The molecule has 0 atom stereocenters. The second kappa shape index (κ2) is 10.7. The maximum atomic E-state index is 13.5. The van der Waals surface area contributed by atoms with E-state index in [1.54, 1.807) is 23.3 Å². The molecular formula is C27H30N2O3S. The molecule has 1 aliphatic rings. The number of carbonyl (C=O) groups is 2. The number of hydrogen-bond acceptors (Lipinski definition) is 4. The smallest absolute Gasteiger partial charge is 0.242 e. The van der Waals surface area contributed by atoms with Crippen molar-refractivity contribution in [3.63, 3.8) is 0 Å². The number of benzene rings is 2. The summed E-state index contributed by atoms with van der Waals surface area (Å²) in [6.45, 7) is 3.28. The van der Waals surface area contributed by atoms with Crippen molar-refractivity contribution >= 4 is 23.2 Å². The van der Waals surface area contributed by atoms with E-state index in [0.29, 0.717) is 13.1 Å². The van der Waals surface area contributed by atoms with E-state index in [1.807, 2.05) is 59.5 Å². The fourth-order valence-corrected chi connectivity index (χ4v) is 4.77. The molecule has 2 amide bonds. The molecule has 1 aromatic heterocycles. The predicted octanol–water partition coefficient (Wildman–Crippen LogP) is 4.83. The van der Waals surface area contributed by atoms with Gasteiger partial charge in [0.1, 0.15) is 12.3 Å². The summed E-state index contributed by atoms with van der Waals surface area (Å²) in [5, 5.41) is 0. The monoisotopic (exact) mass is 462 g/mol. The Morgan fingerprint density at radius 3 is 2.24 bits per heavy atom. The lowest BCUT2D eigenvalue weighted by Gasteiger charge is -2.28. The van der Waals surface area contributed by atoms with Crippen LogP contribution in [0.2, 0.25) is 0 Å². The fraction of sp³-hybridized carbons (Fsp3) is 0.333. The van der Waals surface area contributed by atoms with Crippen LogP contribution in [0.1, 0.15) is 33.7 Å². The Labute approximate surface area is 199 Å². The minimum atomic E-state index is -0.0140. The van der Waals surface area contributed by atoms with E-state index < -0.39 is 0 Å². The Bertz CT molecular complexity index is 1070. The highest BCUT2D eigenvalue weighted by Crippen LogP contribution is 2.28. The van der Waals surface area contributed by atoms with Crippen molar-refractivity contribution in [2.75, 3.05) is 13.7 Å². The van der Waals surface area contributed by atoms with Crippen LogP contribution in [0.3, 0.4) is 0 Å². The van der Waals surface area contributed by atoms with Crippen molar-refractivity contribution in [3.05, 3.63) is 87.6 Å². The molecule has 0 spiro atoms. The van der Waals surface area contributed by atoms with E-state index >= 15 is 0 Å².